The van der Waals surface area contributed by atoms with Crippen LogP contribution in [-0.4, -0.2) is 0 Å². The molecule has 8 aromatic carbocycles. The molecular formula is C40H26. The molecule has 0 fully saturated rings. The summed E-state index contributed by atoms with van der Waals surface area (Å²) < 4.78 is 232. The number of rotatable bonds is 3. The maximum atomic E-state index is 9.93. The lowest BCUT2D eigenvalue weighted by atomic mass is 9.83. The second kappa shape index (κ2) is 9.22. The van der Waals surface area contributed by atoms with Gasteiger partial charge in [0.25, 0.3) is 0 Å². The second-order valence-electron chi connectivity index (χ2n) is 8.50. The van der Waals surface area contributed by atoms with Gasteiger partial charge in [0, 0.05) is 0 Å². The topological polar surface area (TPSA) is 0 Å². The average molecular weight is 533 g/mol. The first-order chi connectivity index (χ1) is 30.7. The minimum Gasteiger partial charge on any atom is -0.0622 e. The summed E-state index contributed by atoms with van der Waals surface area (Å²) >= 11 is 0. The third kappa shape index (κ3) is 3.61. The van der Waals surface area contributed by atoms with Crippen molar-refractivity contribution in [2.24, 2.45) is 0 Å². The molecule has 0 radical (unpaired) electrons. The van der Waals surface area contributed by atoms with Crippen LogP contribution in [0.5, 0.6) is 0 Å². The Kier molecular flexibility index (Phi) is 1.99. The highest BCUT2D eigenvalue weighted by molar-refractivity contribution is 6.24. The fourth-order valence-electron chi connectivity index (χ4n) is 4.62. The zero-order valence-corrected chi connectivity index (χ0v) is 20.0. The quantitative estimate of drug-likeness (QED) is 0.198. The van der Waals surface area contributed by atoms with Crippen LogP contribution in [-0.2, 0) is 0 Å². The number of hydrogen-bond donors (Lipinski definition) is 0. The van der Waals surface area contributed by atoms with Gasteiger partial charge in [-0.15, -0.1) is 0 Å². The first kappa shape index (κ1) is 8.65. The fraction of sp³-hybridized carbons (Fsp3) is 0. The second-order valence-corrected chi connectivity index (χ2v) is 8.50. The van der Waals surface area contributed by atoms with Gasteiger partial charge in [0.15, 0.2) is 0 Å². The first-order valence-corrected chi connectivity index (χ1v) is 11.8. The Balaban J connectivity index is 1.86. The lowest BCUT2D eigenvalue weighted by Crippen LogP contribution is -1.92. The summed E-state index contributed by atoms with van der Waals surface area (Å²) in [6, 6.07) is -24.6. The van der Waals surface area contributed by atoms with Crippen LogP contribution in [0.2, 0.25) is 0 Å². The van der Waals surface area contributed by atoms with Crippen molar-refractivity contribution in [3.8, 4) is 33.4 Å². The highest BCUT2D eigenvalue weighted by Crippen LogP contribution is 2.46. The molecule has 0 heteroatoms. The summed E-state index contributed by atoms with van der Waals surface area (Å²) in [5, 5.41) is -5.69. The summed E-state index contributed by atoms with van der Waals surface area (Å²) in [5.74, 6) is 0. The van der Waals surface area contributed by atoms with Crippen LogP contribution >= 0.6 is 0 Å². The molecule has 0 unspecified atom stereocenters. The molecule has 0 saturated carbocycles. The van der Waals surface area contributed by atoms with Gasteiger partial charge in [-0.05, 0) is 88.6 Å². The molecule has 186 valence electrons. The average Bonchev–Trinajstić information content (AvgIpc) is 3.28. The number of hydrogen-bond acceptors (Lipinski definition) is 0. The maximum Gasteiger partial charge on any atom is 0.0636 e. The Labute approximate surface area is 270 Å². The molecule has 0 saturated heterocycles. The van der Waals surface area contributed by atoms with Crippen LogP contribution < -0.4 is 0 Å². The summed E-state index contributed by atoms with van der Waals surface area (Å²) in [5.41, 5.74) is -4.77. The van der Waals surface area contributed by atoms with E-state index in [1.807, 2.05) is 0 Å². The zero-order chi connectivity index (χ0) is 49.1. The summed E-state index contributed by atoms with van der Waals surface area (Å²) in [7, 11) is 0. The van der Waals surface area contributed by atoms with Crippen LogP contribution in [0.4, 0.5) is 0 Å². The Morgan fingerprint density at radius 1 is 0.300 bits per heavy atom. The van der Waals surface area contributed by atoms with Crippen LogP contribution in [0.1, 0.15) is 35.6 Å². The first-order valence-electron chi connectivity index (χ1n) is 24.8. The van der Waals surface area contributed by atoms with Gasteiger partial charge in [0.2, 0.25) is 0 Å². The molecule has 0 aliphatic carbocycles. The van der Waals surface area contributed by atoms with Gasteiger partial charge in [0.1, 0.15) is 0 Å². The molecule has 0 bridgehead atoms. The van der Waals surface area contributed by atoms with Crippen molar-refractivity contribution >= 4 is 43.1 Å². The predicted octanol–water partition coefficient (Wildman–Crippen LogP) is 11.3. The van der Waals surface area contributed by atoms with Gasteiger partial charge in [0.05, 0.1) is 35.6 Å². The van der Waals surface area contributed by atoms with Crippen molar-refractivity contribution in [2.45, 2.75) is 0 Å². The van der Waals surface area contributed by atoms with Crippen molar-refractivity contribution in [3.05, 3.63) is 157 Å². The highest BCUT2D eigenvalue weighted by atomic mass is 14.2. The predicted molar refractivity (Wildman–Crippen MR) is 173 cm³/mol. The lowest BCUT2D eigenvalue weighted by Gasteiger charge is -2.20. The SMILES string of the molecule is [2H]c1c([2H])c([2H])c(-c2c([2H])c([2H])c3c(-c4c([2H])c([2H])c5c([2H])c([2H])c([2H])c([2H])c5c4[2H])c4c([2H])c([2H])c([2H])c([2H])c4c(-c4c([2H])c([2H])c([2H])c5c([2H])c([2H])c([2H])c([2H])c45)c3c2[2H])c([2H])c1[2H]. The van der Waals surface area contributed by atoms with E-state index >= 15 is 0 Å². The third-order valence-electron chi connectivity index (χ3n) is 6.31. The van der Waals surface area contributed by atoms with Crippen molar-refractivity contribution in [1.29, 1.82) is 0 Å². The van der Waals surface area contributed by atoms with Gasteiger partial charge in [-0.3, -0.25) is 0 Å². The number of fused-ring (bicyclic) bond motifs is 4. The van der Waals surface area contributed by atoms with E-state index in [-0.39, 0.29) is 0 Å². The van der Waals surface area contributed by atoms with Gasteiger partial charge in [-0.2, -0.15) is 0 Å². The number of benzene rings is 8. The minimum atomic E-state index is -1.07. The Morgan fingerprint density at radius 3 is 1.73 bits per heavy atom. The molecule has 0 amide bonds. The van der Waals surface area contributed by atoms with Crippen LogP contribution in [0.15, 0.2) is 157 Å². The van der Waals surface area contributed by atoms with Gasteiger partial charge in [-0.1, -0.05) is 145 Å². The van der Waals surface area contributed by atoms with Crippen molar-refractivity contribution in [1.82, 2.24) is 0 Å². The molecule has 40 heavy (non-hydrogen) atoms. The standard InChI is InChI=1S/C40H26/c1-2-11-27(12-3-1)31-23-24-37-38(26-31)40(34-20-10-16-29-14-6-7-17-33(29)34)36-19-9-8-18-35(36)39(37)32-22-21-28-13-4-5-15-30(28)25-32/h1-26H/i1D,2D,3D,4D,5D,6D,7D,8D,9D,10D,11D,12D,13D,14D,15D,16D,17D,18D,19D,20D,21D,22D,23D,24D,25D,26D. The monoisotopic (exact) mass is 532 g/mol. The normalized spacial score (nSPS) is 20.6. The Bertz CT molecular complexity index is 3610. The third-order valence-corrected chi connectivity index (χ3v) is 6.31. The smallest absolute Gasteiger partial charge is 0.0622 e. The minimum absolute atomic E-state index is 0.596. The fourth-order valence-corrected chi connectivity index (χ4v) is 4.62. The van der Waals surface area contributed by atoms with Crippen LogP contribution in [0, 0.1) is 0 Å². The molecule has 8 aromatic rings. The molecule has 0 N–H and O–H groups in total. The molecule has 0 heterocycles. The van der Waals surface area contributed by atoms with E-state index in [1.165, 1.54) is 0 Å². The molecule has 0 aliphatic rings. The van der Waals surface area contributed by atoms with E-state index in [1.54, 1.807) is 0 Å². The summed E-state index contributed by atoms with van der Waals surface area (Å²) in [4.78, 5) is 0. The zero-order valence-electron chi connectivity index (χ0n) is 46.0. The van der Waals surface area contributed by atoms with Gasteiger partial charge < -0.3 is 0 Å². The van der Waals surface area contributed by atoms with Crippen molar-refractivity contribution in [2.75, 3.05) is 0 Å². The Morgan fingerprint density at radius 2 is 0.900 bits per heavy atom. The molecule has 8 rings (SSSR count). The lowest BCUT2D eigenvalue weighted by molar-refractivity contribution is 1.64. The summed E-state index contributed by atoms with van der Waals surface area (Å²) in [6.45, 7) is 0. The van der Waals surface area contributed by atoms with Crippen LogP contribution in [0.25, 0.3) is 76.5 Å². The maximum absolute atomic E-state index is 9.93. The molecule has 0 spiro atoms. The van der Waals surface area contributed by atoms with Gasteiger partial charge >= 0.3 is 0 Å². The van der Waals surface area contributed by atoms with Crippen molar-refractivity contribution in [3.63, 3.8) is 0 Å². The van der Waals surface area contributed by atoms with E-state index in [0.29, 0.717) is 0 Å². The molecule has 0 atom stereocenters. The van der Waals surface area contributed by atoms with E-state index in [2.05, 4.69) is 0 Å². The van der Waals surface area contributed by atoms with E-state index in [4.69, 9.17) is 24.7 Å². The highest BCUT2D eigenvalue weighted by Gasteiger charge is 2.19. The van der Waals surface area contributed by atoms with E-state index < -0.39 is 234 Å². The molecule has 0 aliphatic heterocycles. The molecule has 0 aromatic heterocycles. The van der Waals surface area contributed by atoms with E-state index in [9.17, 15) is 11.0 Å². The molecular weight excluding hydrogens is 480 g/mol. The molecule has 0 nitrogen and oxygen atoms in total. The van der Waals surface area contributed by atoms with Gasteiger partial charge in [-0.25, -0.2) is 0 Å². The van der Waals surface area contributed by atoms with E-state index in [0.717, 1.165) is 0 Å². The Hall–Kier alpha value is -5.20. The summed E-state index contributed by atoms with van der Waals surface area (Å²) in [6.07, 6.45) is 0. The van der Waals surface area contributed by atoms with Crippen LogP contribution in [0.3, 0.4) is 0 Å². The largest absolute Gasteiger partial charge is 0.0636 e. The van der Waals surface area contributed by atoms with Crippen molar-refractivity contribution < 1.29 is 35.6 Å².